The number of nitrogens with one attached hydrogen (secondary N) is 1. The number of rotatable bonds is 8. The molecule has 0 aliphatic heterocycles. The van der Waals surface area contributed by atoms with Crippen LogP contribution < -0.4 is 10.5 Å². The van der Waals surface area contributed by atoms with Crippen molar-refractivity contribution in [2.75, 3.05) is 6.54 Å². The predicted molar refractivity (Wildman–Crippen MR) is 78.5 cm³/mol. The summed E-state index contributed by atoms with van der Waals surface area (Å²) in [6.07, 6.45) is 3.68. The van der Waals surface area contributed by atoms with E-state index in [0.29, 0.717) is 11.4 Å². The largest absolute Gasteiger partial charge is 0.329 e. The second kappa shape index (κ2) is 7.62. The highest BCUT2D eigenvalue weighted by atomic mass is 32.2. The van der Waals surface area contributed by atoms with Crippen molar-refractivity contribution in [2.45, 2.75) is 50.5 Å². The molecule has 0 fully saturated rings. The van der Waals surface area contributed by atoms with Gasteiger partial charge in [0.1, 0.15) is 0 Å². The first-order valence-corrected chi connectivity index (χ1v) is 8.33. The first kappa shape index (κ1) is 16.1. The summed E-state index contributed by atoms with van der Waals surface area (Å²) in [6.45, 7) is 4.43. The minimum atomic E-state index is -3.46. The lowest BCUT2D eigenvalue weighted by Crippen LogP contribution is -2.39. The van der Waals surface area contributed by atoms with E-state index in [4.69, 9.17) is 5.73 Å². The Labute approximate surface area is 116 Å². The van der Waals surface area contributed by atoms with Crippen molar-refractivity contribution >= 4 is 10.0 Å². The third kappa shape index (κ3) is 4.93. The first-order chi connectivity index (χ1) is 9.03. The van der Waals surface area contributed by atoms with E-state index >= 15 is 0 Å². The molecule has 1 unspecified atom stereocenters. The molecule has 0 aromatic heterocycles. The second-order valence-corrected chi connectivity index (χ2v) is 6.45. The Morgan fingerprint density at radius 3 is 2.26 bits per heavy atom. The molecule has 1 atom stereocenters. The number of hydrogen-bond acceptors (Lipinski definition) is 3. The maximum atomic E-state index is 12.2. The fraction of sp³-hybridized carbons (Fsp3) is 0.571. The molecule has 0 heterocycles. The summed E-state index contributed by atoms with van der Waals surface area (Å²) >= 11 is 0. The minimum Gasteiger partial charge on any atom is -0.329 e. The zero-order valence-corrected chi connectivity index (χ0v) is 12.5. The molecule has 19 heavy (non-hydrogen) atoms. The maximum absolute atomic E-state index is 12.2. The van der Waals surface area contributed by atoms with Crippen molar-refractivity contribution in [1.29, 1.82) is 0 Å². The van der Waals surface area contributed by atoms with Gasteiger partial charge < -0.3 is 5.73 Å². The Morgan fingerprint density at radius 1 is 1.16 bits per heavy atom. The van der Waals surface area contributed by atoms with Gasteiger partial charge in [0.15, 0.2) is 0 Å². The van der Waals surface area contributed by atoms with E-state index in [-0.39, 0.29) is 6.04 Å². The summed E-state index contributed by atoms with van der Waals surface area (Å²) < 4.78 is 27.0. The fourth-order valence-electron chi connectivity index (χ4n) is 1.98. The van der Waals surface area contributed by atoms with E-state index in [1.54, 1.807) is 12.1 Å². The van der Waals surface area contributed by atoms with Crippen molar-refractivity contribution in [2.24, 2.45) is 5.73 Å². The standard InChI is InChI=1S/C14H24N2O2S/c1-3-5-12-7-9-14(10-8-12)19(17,18)16-13(11-15)6-4-2/h7-10,13,16H,3-6,11,15H2,1-2H3. The third-order valence-electron chi connectivity index (χ3n) is 3.02. The normalized spacial score (nSPS) is 13.4. The summed E-state index contributed by atoms with van der Waals surface area (Å²) in [6, 6.07) is 6.87. The van der Waals surface area contributed by atoms with E-state index in [0.717, 1.165) is 31.2 Å². The molecule has 0 aliphatic carbocycles. The summed E-state index contributed by atoms with van der Waals surface area (Å²) in [5.41, 5.74) is 6.74. The van der Waals surface area contributed by atoms with Gasteiger partial charge in [0.2, 0.25) is 10.0 Å². The average molecular weight is 284 g/mol. The Bertz CT molecular complexity index is 469. The smallest absolute Gasteiger partial charge is 0.240 e. The Morgan fingerprint density at radius 2 is 1.79 bits per heavy atom. The fourth-order valence-corrected chi connectivity index (χ4v) is 3.27. The van der Waals surface area contributed by atoms with E-state index in [1.807, 2.05) is 19.1 Å². The van der Waals surface area contributed by atoms with Gasteiger partial charge in [0, 0.05) is 12.6 Å². The van der Waals surface area contributed by atoms with E-state index in [2.05, 4.69) is 11.6 Å². The predicted octanol–water partition coefficient (Wildman–Crippen LogP) is 2.04. The van der Waals surface area contributed by atoms with Crippen LogP contribution >= 0.6 is 0 Å². The van der Waals surface area contributed by atoms with Crippen LogP contribution in [0, 0.1) is 0 Å². The molecule has 0 spiro atoms. The molecule has 0 radical (unpaired) electrons. The molecule has 1 aromatic rings. The van der Waals surface area contributed by atoms with Crippen LogP contribution in [-0.2, 0) is 16.4 Å². The molecular formula is C14H24N2O2S. The monoisotopic (exact) mass is 284 g/mol. The highest BCUT2D eigenvalue weighted by molar-refractivity contribution is 7.89. The average Bonchev–Trinajstić information content (AvgIpc) is 2.39. The van der Waals surface area contributed by atoms with Crippen LogP contribution in [0.3, 0.4) is 0 Å². The molecule has 0 bridgehead atoms. The highest BCUT2D eigenvalue weighted by Gasteiger charge is 2.18. The molecule has 108 valence electrons. The van der Waals surface area contributed by atoms with Crippen molar-refractivity contribution < 1.29 is 8.42 Å². The molecule has 1 rings (SSSR count). The molecule has 1 aromatic carbocycles. The summed E-state index contributed by atoms with van der Waals surface area (Å²) in [5.74, 6) is 0. The Hall–Kier alpha value is -0.910. The number of benzene rings is 1. The maximum Gasteiger partial charge on any atom is 0.240 e. The SMILES string of the molecule is CCCc1ccc(S(=O)(=O)NC(CN)CCC)cc1. The Balaban J connectivity index is 2.81. The molecule has 3 N–H and O–H groups in total. The lowest BCUT2D eigenvalue weighted by atomic mass is 10.1. The van der Waals surface area contributed by atoms with E-state index < -0.39 is 10.0 Å². The van der Waals surface area contributed by atoms with Gasteiger partial charge in [-0.3, -0.25) is 0 Å². The molecule has 0 aliphatic rings. The summed E-state index contributed by atoms with van der Waals surface area (Å²) in [5, 5.41) is 0. The van der Waals surface area contributed by atoms with Crippen LogP contribution in [-0.4, -0.2) is 21.0 Å². The van der Waals surface area contributed by atoms with Crippen LogP contribution in [0.25, 0.3) is 0 Å². The zero-order valence-electron chi connectivity index (χ0n) is 11.7. The molecule has 0 amide bonds. The van der Waals surface area contributed by atoms with Crippen LogP contribution in [0.4, 0.5) is 0 Å². The number of sulfonamides is 1. The number of nitrogens with two attached hydrogens (primary N) is 1. The topological polar surface area (TPSA) is 72.2 Å². The molecule has 5 heteroatoms. The van der Waals surface area contributed by atoms with Crippen molar-refractivity contribution in [1.82, 2.24) is 4.72 Å². The van der Waals surface area contributed by atoms with Crippen molar-refractivity contribution in [3.63, 3.8) is 0 Å². The molecule has 0 saturated heterocycles. The van der Waals surface area contributed by atoms with Crippen LogP contribution in [0.15, 0.2) is 29.2 Å². The quantitative estimate of drug-likeness (QED) is 0.767. The number of aryl methyl sites for hydroxylation is 1. The van der Waals surface area contributed by atoms with Gasteiger partial charge in [-0.15, -0.1) is 0 Å². The van der Waals surface area contributed by atoms with E-state index in [1.165, 1.54) is 0 Å². The van der Waals surface area contributed by atoms with Crippen LogP contribution in [0.1, 0.15) is 38.7 Å². The van der Waals surface area contributed by atoms with Gasteiger partial charge in [0.25, 0.3) is 0 Å². The van der Waals surface area contributed by atoms with Crippen LogP contribution in [0.2, 0.25) is 0 Å². The van der Waals surface area contributed by atoms with Crippen molar-refractivity contribution in [3.05, 3.63) is 29.8 Å². The lowest BCUT2D eigenvalue weighted by molar-refractivity contribution is 0.527. The minimum absolute atomic E-state index is 0.190. The Kier molecular flexibility index (Phi) is 6.48. The van der Waals surface area contributed by atoms with Gasteiger partial charge in [-0.25, -0.2) is 13.1 Å². The summed E-state index contributed by atoms with van der Waals surface area (Å²) in [4.78, 5) is 0.307. The highest BCUT2D eigenvalue weighted by Crippen LogP contribution is 2.13. The molecule has 0 saturated carbocycles. The second-order valence-electron chi connectivity index (χ2n) is 4.74. The third-order valence-corrected chi connectivity index (χ3v) is 4.55. The van der Waals surface area contributed by atoms with Gasteiger partial charge in [-0.2, -0.15) is 0 Å². The molecule has 4 nitrogen and oxygen atoms in total. The van der Waals surface area contributed by atoms with E-state index in [9.17, 15) is 8.42 Å². The van der Waals surface area contributed by atoms with Gasteiger partial charge in [-0.1, -0.05) is 38.8 Å². The zero-order chi connectivity index (χ0) is 14.3. The van der Waals surface area contributed by atoms with Gasteiger partial charge >= 0.3 is 0 Å². The molecular weight excluding hydrogens is 260 g/mol. The van der Waals surface area contributed by atoms with Gasteiger partial charge in [-0.05, 0) is 30.5 Å². The number of hydrogen-bond donors (Lipinski definition) is 2. The van der Waals surface area contributed by atoms with Crippen molar-refractivity contribution in [3.8, 4) is 0 Å². The van der Waals surface area contributed by atoms with Gasteiger partial charge in [0.05, 0.1) is 4.90 Å². The van der Waals surface area contributed by atoms with Crippen LogP contribution in [0.5, 0.6) is 0 Å². The summed E-state index contributed by atoms with van der Waals surface area (Å²) in [7, 11) is -3.46. The lowest BCUT2D eigenvalue weighted by Gasteiger charge is -2.16. The first-order valence-electron chi connectivity index (χ1n) is 6.84.